The van der Waals surface area contributed by atoms with Gasteiger partial charge in [-0.05, 0) is 30.9 Å². The van der Waals surface area contributed by atoms with E-state index in [9.17, 15) is 14.4 Å². The second-order valence-corrected chi connectivity index (χ2v) is 11.2. The standard InChI is InChI=1S/C26H26N8O3S/c1-12-3-17(12)22-29-8-15(9-30-22)24(35)33-18-11-31-23-13(2)4-19(34(23)26(18)37)25(36)32-10-16-5-14-7-28-21(27)6-20(14)38-16/h5-9,11-13,17,19H,3-4,10H2,1-2H3,(H2,27,28)(H,32,36)(H,33,35)/t12?,13-,17?,19+/m1/s1. The van der Waals surface area contributed by atoms with Crippen molar-refractivity contribution in [3.8, 4) is 0 Å². The molecule has 6 rings (SSSR count). The number of thiophene rings is 1. The van der Waals surface area contributed by atoms with Gasteiger partial charge < -0.3 is 16.4 Å². The van der Waals surface area contributed by atoms with Crippen molar-refractivity contribution in [3.05, 3.63) is 69.4 Å². The van der Waals surface area contributed by atoms with Crippen LogP contribution >= 0.6 is 11.3 Å². The Morgan fingerprint density at radius 3 is 2.58 bits per heavy atom. The Bertz CT molecular complexity index is 1630. The van der Waals surface area contributed by atoms with Gasteiger partial charge in [-0.2, -0.15) is 0 Å². The van der Waals surface area contributed by atoms with Gasteiger partial charge in [0.2, 0.25) is 5.91 Å². The first-order chi connectivity index (χ1) is 18.3. The minimum absolute atomic E-state index is 0.000127. The zero-order valence-corrected chi connectivity index (χ0v) is 21.7. The van der Waals surface area contributed by atoms with Crippen LogP contribution in [0, 0.1) is 5.92 Å². The third kappa shape index (κ3) is 4.40. The Labute approximate surface area is 221 Å². The van der Waals surface area contributed by atoms with Crippen LogP contribution in [0.2, 0.25) is 0 Å². The maximum absolute atomic E-state index is 13.4. The van der Waals surface area contributed by atoms with Crippen LogP contribution < -0.4 is 21.9 Å². The fourth-order valence-electron chi connectivity index (χ4n) is 4.91. The number of amides is 2. The van der Waals surface area contributed by atoms with Crippen LogP contribution in [-0.4, -0.2) is 36.3 Å². The molecule has 5 heterocycles. The number of nitrogen functional groups attached to an aromatic ring is 1. The lowest BCUT2D eigenvalue weighted by Crippen LogP contribution is -2.36. The van der Waals surface area contributed by atoms with E-state index in [-0.39, 0.29) is 23.1 Å². The summed E-state index contributed by atoms with van der Waals surface area (Å²) in [4.78, 5) is 57.5. The average molecular weight is 531 g/mol. The molecule has 4 N–H and O–H groups in total. The highest BCUT2D eigenvalue weighted by Crippen LogP contribution is 2.45. The van der Waals surface area contributed by atoms with Crippen LogP contribution in [0.25, 0.3) is 10.1 Å². The minimum atomic E-state index is -0.730. The van der Waals surface area contributed by atoms with Gasteiger partial charge in [-0.1, -0.05) is 13.8 Å². The number of nitrogens with zero attached hydrogens (tertiary/aromatic N) is 5. The average Bonchev–Trinajstić information content (AvgIpc) is 3.34. The Kier molecular flexibility index (Phi) is 5.90. The highest BCUT2D eigenvalue weighted by molar-refractivity contribution is 7.19. The summed E-state index contributed by atoms with van der Waals surface area (Å²) in [6.07, 6.45) is 7.48. The number of carbonyl (C=O) groups excluding carboxylic acids is 2. The SMILES string of the molecule is CC1CC1c1ncc(C(=O)Nc2cnc3n(c2=O)[C@H](C(=O)NCc2cc4cnc(N)cc4s2)C[C@H]3C)cn1. The molecule has 1 aliphatic carbocycles. The van der Waals surface area contributed by atoms with Gasteiger partial charge in [-0.25, -0.2) is 19.9 Å². The number of nitrogens with one attached hydrogen (secondary N) is 2. The van der Waals surface area contributed by atoms with Gasteiger partial charge >= 0.3 is 0 Å². The topological polar surface area (TPSA) is 158 Å². The number of hydrogen-bond donors (Lipinski definition) is 3. The summed E-state index contributed by atoms with van der Waals surface area (Å²) in [6, 6.07) is 3.03. The molecule has 0 spiro atoms. The van der Waals surface area contributed by atoms with Gasteiger partial charge in [-0.3, -0.25) is 19.0 Å². The highest BCUT2D eigenvalue weighted by Gasteiger charge is 2.37. The molecule has 0 aromatic carbocycles. The lowest BCUT2D eigenvalue weighted by molar-refractivity contribution is -0.124. The molecule has 1 fully saturated rings. The molecule has 0 radical (unpaired) electrons. The zero-order valence-electron chi connectivity index (χ0n) is 20.8. The molecule has 1 aliphatic heterocycles. The molecule has 4 aromatic rings. The van der Waals surface area contributed by atoms with Crippen molar-refractivity contribution in [2.45, 2.75) is 51.1 Å². The first-order valence-electron chi connectivity index (χ1n) is 12.4. The van der Waals surface area contributed by atoms with Crippen LogP contribution in [0.4, 0.5) is 11.5 Å². The van der Waals surface area contributed by atoms with E-state index in [2.05, 4.69) is 37.5 Å². The molecule has 194 valence electrons. The fraction of sp³-hybridized carbons (Fsp3) is 0.346. The number of rotatable bonds is 6. The first-order valence-corrected chi connectivity index (χ1v) is 13.3. The quantitative estimate of drug-likeness (QED) is 0.343. The summed E-state index contributed by atoms with van der Waals surface area (Å²) in [7, 11) is 0. The molecule has 4 atom stereocenters. The zero-order chi connectivity index (χ0) is 26.6. The molecule has 4 aromatic heterocycles. The Balaban J connectivity index is 1.18. The predicted molar refractivity (Wildman–Crippen MR) is 143 cm³/mol. The lowest BCUT2D eigenvalue weighted by Gasteiger charge is -2.15. The van der Waals surface area contributed by atoms with Gasteiger partial charge in [-0.15, -0.1) is 11.3 Å². The first kappa shape index (κ1) is 24.2. The molecule has 2 unspecified atom stereocenters. The maximum atomic E-state index is 13.4. The number of nitrogens with two attached hydrogens (primary N) is 1. The van der Waals surface area contributed by atoms with Crippen LogP contribution in [0.15, 0.2) is 41.7 Å². The number of hydrogen-bond acceptors (Lipinski definition) is 9. The van der Waals surface area contributed by atoms with Crippen molar-refractivity contribution in [1.82, 2.24) is 29.8 Å². The second kappa shape index (κ2) is 9.28. The molecule has 0 bridgehead atoms. The van der Waals surface area contributed by atoms with E-state index in [0.717, 1.165) is 27.2 Å². The third-order valence-corrected chi connectivity index (χ3v) is 8.29. The van der Waals surface area contributed by atoms with Crippen molar-refractivity contribution >= 4 is 44.7 Å². The van der Waals surface area contributed by atoms with E-state index in [4.69, 9.17) is 5.73 Å². The van der Waals surface area contributed by atoms with Gasteiger partial charge in [0.05, 0.1) is 18.3 Å². The van der Waals surface area contributed by atoms with Crippen LogP contribution in [0.3, 0.4) is 0 Å². The number of aromatic nitrogens is 5. The van der Waals surface area contributed by atoms with Crippen LogP contribution in [0.5, 0.6) is 0 Å². The van der Waals surface area contributed by atoms with Gasteiger partial charge in [0.15, 0.2) is 0 Å². The van der Waals surface area contributed by atoms with Crippen molar-refractivity contribution in [2.24, 2.45) is 5.92 Å². The summed E-state index contributed by atoms with van der Waals surface area (Å²) in [5.41, 5.74) is 5.54. The van der Waals surface area contributed by atoms with Crippen molar-refractivity contribution in [1.29, 1.82) is 0 Å². The van der Waals surface area contributed by atoms with Crippen molar-refractivity contribution in [2.75, 3.05) is 11.1 Å². The van der Waals surface area contributed by atoms with E-state index in [1.807, 2.05) is 13.0 Å². The van der Waals surface area contributed by atoms with Gasteiger partial charge in [0.25, 0.3) is 11.5 Å². The molecule has 2 amide bonds. The normalized spacial score (nSPS) is 21.7. The Morgan fingerprint density at radius 2 is 1.84 bits per heavy atom. The Hall–Kier alpha value is -4.19. The second-order valence-electron chi connectivity index (χ2n) is 10.0. The highest BCUT2D eigenvalue weighted by atomic mass is 32.1. The van der Waals surface area contributed by atoms with E-state index >= 15 is 0 Å². The van der Waals surface area contributed by atoms with E-state index in [0.29, 0.717) is 36.4 Å². The monoisotopic (exact) mass is 530 g/mol. The van der Waals surface area contributed by atoms with E-state index in [1.54, 1.807) is 12.3 Å². The Morgan fingerprint density at radius 1 is 1.08 bits per heavy atom. The van der Waals surface area contributed by atoms with Gasteiger partial charge in [0.1, 0.15) is 29.2 Å². The van der Waals surface area contributed by atoms with Crippen LogP contribution in [0.1, 0.15) is 71.5 Å². The van der Waals surface area contributed by atoms with E-state index < -0.39 is 17.5 Å². The maximum Gasteiger partial charge on any atom is 0.278 e. The minimum Gasteiger partial charge on any atom is -0.384 e. The van der Waals surface area contributed by atoms with Gasteiger partial charge in [0, 0.05) is 45.4 Å². The summed E-state index contributed by atoms with van der Waals surface area (Å²) in [5, 5.41) is 6.52. The third-order valence-electron chi connectivity index (χ3n) is 7.19. The smallest absolute Gasteiger partial charge is 0.278 e. The summed E-state index contributed by atoms with van der Waals surface area (Å²) >= 11 is 1.52. The largest absolute Gasteiger partial charge is 0.384 e. The molecule has 12 heteroatoms. The molecule has 11 nitrogen and oxygen atoms in total. The molecule has 0 saturated heterocycles. The molecule has 2 aliphatic rings. The number of carbonyl (C=O) groups is 2. The number of pyridine rings is 1. The summed E-state index contributed by atoms with van der Waals surface area (Å²) in [6.45, 7) is 4.37. The summed E-state index contributed by atoms with van der Waals surface area (Å²) in [5.74, 6) is 1.71. The lowest BCUT2D eigenvalue weighted by atomic mass is 10.1. The van der Waals surface area contributed by atoms with Crippen LogP contribution in [-0.2, 0) is 11.3 Å². The van der Waals surface area contributed by atoms with Crippen molar-refractivity contribution in [3.63, 3.8) is 0 Å². The predicted octanol–water partition coefficient (Wildman–Crippen LogP) is 2.97. The summed E-state index contributed by atoms with van der Waals surface area (Å²) < 4.78 is 2.38. The molecular weight excluding hydrogens is 504 g/mol. The fourth-order valence-corrected chi connectivity index (χ4v) is 5.93. The molecular formula is C26H26N8O3S. The number of anilines is 2. The molecule has 1 saturated carbocycles. The van der Waals surface area contributed by atoms with Crippen molar-refractivity contribution < 1.29 is 9.59 Å². The number of fused-ring (bicyclic) bond motifs is 2. The molecule has 38 heavy (non-hydrogen) atoms. The van der Waals surface area contributed by atoms with E-state index in [1.165, 1.54) is 34.5 Å².